The second-order valence-electron chi connectivity index (χ2n) is 2.43. The molecular weight excluding hydrogens is 291 g/mol. The molecule has 0 amide bonds. The predicted octanol–water partition coefficient (Wildman–Crippen LogP) is -3.87. The van der Waals surface area contributed by atoms with Gasteiger partial charge in [0, 0.05) is 22.6 Å². The van der Waals surface area contributed by atoms with Crippen molar-refractivity contribution in [1.82, 2.24) is 0 Å². The molecule has 0 aromatic rings. The zero-order chi connectivity index (χ0) is 10.9. The molecule has 0 aliphatic carbocycles. The summed E-state index contributed by atoms with van der Waals surface area (Å²) in [6.07, 6.45) is 0. The number of quaternary nitrogens is 1. The number of rotatable bonds is 4. The zero-order valence-corrected chi connectivity index (χ0v) is 8.82. The van der Waals surface area contributed by atoms with Gasteiger partial charge < -0.3 is 5.21 Å². The van der Waals surface area contributed by atoms with E-state index >= 15 is 0 Å². The van der Waals surface area contributed by atoms with Crippen LogP contribution in [0.15, 0.2) is 4.99 Å². The summed E-state index contributed by atoms with van der Waals surface area (Å²) in [7, 11) is 0. The molecule has 0 bridgehead atoms. The van der Waals surface area contributed by atoms with Gasteiger partial charge in [0.15, 0.2) is 0 Å². The van der Waals surface area contributed by atoms with Crippen molar-refractivity contribution in [3.8, 4) is 0 Å². The quantitative estimate of drug-likeness (QED) is 0.0891. The lowest BCUT2D eigenvalue weighted by Gasteiger charge is -2.40. The van der Waals surface area contributed by atoms with Crippen molar-refractivity contribution in [1.29, 1.82) is 0 Å². The Labute approximate surface area is 88.0 Å². The number of carbonyl (C=O) groups excluding carboxylic acids is 1. The third-order valence-electron chi connectivity index (χ3n) is 1.58. The molecule has 0 fully saturated rings. The lowest BCUT2D eigenvalue weighted by Crippen LogP contribution is -3.27. The van der Waals surface area contributed by atoms with Gasteiger partial charge in [-0.3, -0.25) is 27.2 Å². The maximum absolute atomic E-state index is 10.9. The molecule has 0 rings (SSSR count). The molecule has 0 saturated heterocycles. The molecule has 0 aromatic carbocycles. The highest BCUT2D eigenvalue weighted by Crippen LogP contribution is 2.11. The van der Waals surface area contributed by atoms with Crippen molar-refractivity contribution in [3.63, 3.8) is 0 Å². The summed E-state index contributed by atoms with van der Waals surface area (Å²) in [4.78, 5) is 14.1. The van der Waals surface area contributed by atoms with E-state index in [4.69, 9.17) is 23.0 Å². The number of aliphatic imine (C=N–C) groups is 1. The molecule has 0 aliphatic heterocycles. The number of halogens is 1. The number of nitrogens with two attached hydrogens (primary N) is 4. The van der Waals surface area contributed by atoms with E-state index in [1.54, 1.807) is 0 Å². The average Bonchev–Trinajstić information content (AvgIpc) is 2.01. The molecule has 0 aliphatic rings. The van der Waals surface area contributed by atoms with Gasteiger partial charge in [-0.2, -0.15) is 5.84 Å². The Morgan fingerprint density at radius 2 is 1.92 bits per heavy atom. The molecule has 8 nitrogen and oxygen atoms in total. The summed E-state index contributed by atoms with van der Waals surface area (Å²) in [5.74, 6) is 2.70. The highest BCUT2D eigenvalue weighted by molar-refractivity contribution is 14.1. The van der Waals surface area contributed by atoms with Gasteiger partial charge in [-0.15, -0.1) is 0 Å². The summed E-state index contributed by atoms with van der Waals surface area (Å²) >= 11 is 1.30. The number of hydroxylamine groups is 1. The van der Waals surface area contributed by atoms with Crippen molar-refractivity contribution in [3.05, 3.63) is 5.21 Å². The van der Waals surface area contributed by atoms with Crippen molar-refractivity contribution in [2.24, 2.45) is 28.0 Å². The normalized spacial score (nSPS) is 18.9. The van der Waals surface area contributed by atoms with E-state index in [1.165, 1.54) is 22.6 Å². The molecular formula is C4H11IN6O2. The molecule has 2 unspecified atom stereocenters. The largest absolute Gasteiger partial charge is 0.610 e. The van der Waals surface area contributed by atoms with E-state index in [0.29, 0.717) is 0 Å². The van der Waals surface area contributed by atoms with Crippen LogP contribution >= 0.6 is 22.6 Å². The monoisotopic (exact) mass is 302 g/mol. The fraction of sp³-hybridized carbons (Fsp3) is 0.500. The smallest absolute Gasteiger partial charge is 0.303 e. The maximum Gasteiger partial charge on any atom is 0.303 e. The lowest BCUT2D eigenvalue weighted by molar-refractivity contribution is -0.920. The van der Waals surface area contributed by atoms with Crippen LogP contribution in [0.25, 0.3) is 0 Å². The van der Waals surface area contributed by atoms with Gasteiger partial charge in [0.2, 0.25) is 9.45 Å². The van der Waals surface area contributed by atoms with Crippen molar-refractivity contribution < 1.29 is 9.97 Å². The van der Waals surface area contributed by atoms with Gasteiger partial charge >= 0.3 is 5.79 Å². The molecule has 9 N–H and O–H groups in total. The number of nitrogens with one attached hydrogen (secondary N) is 1. The van der Waals surface area contributed by atoms with Gasteiger partial charge in [-0.25, -0.2) is 4.99 Å². The third-order valence-corrected chi connectivity index (χ3v) is 2.47. The van der Waals surface area contributed by atoms with Crippen molar-refractivity contribution in [2.75, 3.05) is 0 Å². The summed E-state index contributed by atoms with van der Waals surface area (Å²) < 4.78 is -0.737. The van der Waals surface area contributed by atoms with E-state index in [0.717, 1.165) is 0 Å². The lowest BCUT2D eigenvalue weighted by atomic mass is 10.1. The number of carbonyl (C=O) groups is 1. The summed E-state index contributed by atoms with van der Waals surface area (Å²) in [6, 6.07) is 0. The van der Waals surface area contributed by atoms with Crippen LogP contribution in [0.4, 0.5) is 0 Å². The molecule has 2 atom stereocenters. The van der Waals surface area contributed by atoms with Gasteiger partial charge in [0.05, 0.1) is 0 Å². The maximum atomic E-state index is 10.9. The van der Waals surface area contributed by atoms with Crippen LogP contribution < -0.4 is 28.2 Å². The van der Waals surface area contributed by atoms with Gasteiger partial charge in [0.1, 0.15) is 0 Å². The van der Waals surface area contributed by atoms with Gasteiger partial charge in [-0.1, -0.05) is 0 Å². The molecule has 0 heterocycles. The zero-order valence-electron chi connectivity index (χ0n) is 6.66. The topological polar surface area (TPSA) is 161 Å². The molecule has 0 aromatic heterocycles. The molecule has 13 heavy (non-hydrogen) atoms. The first-order valence-electron chi connectivity index (χ1n) is 3.04. The molecule has 76 valence electrons. The summed E-state index contributed by atoms with van der Waals surface area (Å²) in [5, 5.41) is 9.74. The van der Waals surface area contributed by atoms with E-state index in [2.05, 4.69) is 11.7 Å². The minimum atomic E-state index is -2.19. The van der Waals surface area contributed by atoms with Crippen LogP contribution in [0.2, 0.25) is 0 Å². The number of hydrogen-bond acceptors (Lipinski definition) is 7. The van der Waals surface area contributed by atoms with Crippen molar-refractivity contribution >= 4 is 33.1 Å². The first kappa shape index (κ1) is 12.8. The second kappa shape index (κ2) is 3.91. The van der Waals surface area contributed by atoms with E-state index in [9.17, 15) is 10.0 Å². The van der Waals surface area contributed by atoms with Crippen LogP contribution in [0, 0.1) is 5.21 Å². The standard InChI is InChI=1S/C4H11IN6O2/c1-10-4(8,11(9)13)3(6,7)2(5)12/h11H,1,6-9H2. The number of hydrogen-bond donors (Lipinski definition) is 5. The molecule has 0 spiro atoms. The Morgan fingerprint density at radius 3 is 2.00 bits per heavy atom. The average molecular weight is 302 g/mol. The van der Waals surface area contributed by atoms with Gasteiger partial charge in [-0.05, 0) is 6.72 Å². The molecule has 9 heteroatoms. The molecule has 0 radical (unpaired) electrons. The van der Waals surface area contributed by atoms with E-state index < -0.39 is 20.4 Å². The Balaban J connectivity index is 5.19. The Hall–Kier alpha value is -0.170. The third kappa shape index (κ3) is 2.01. The van der Waals surface area contributed by atoms with Crippen LogP contribution in [-0.4, -0.2) is 22.0 Å². The van der Waals surface area contributed by atoms with E-state index in [-0.39, 0.29) is 0 Å². The highest BCUT2D eigenvalue weighted by Gasteiger charge is 2.53. The fourth-order valence-electron chi connectivity index (χ4n) is 0.562. The predicted molar refractivity (Wildman–Crippen MR) is 55.1 cm³/mol. The Kier molecular flexibility index (Phi) is 3.86. The minimum absolute atomic E-state index is 0.737. The highest BCUT2D eigenvalue weighted by atomic mass is 127. The second-order valence-corrected chi connectivity index (χ2v) is 3.41. The summed E-state index contributed by atoms with van der Waals surface area (Å²) in [5.41, 5.74) is 13.8. The van der Waals surface area contributed by atoms with Gasteiger partial charge in [0.25, 0.3) is 0 Å². The van der Waals surface area contributed by atoms with Crippen LogP contribution in [0.1, 0.15) is 0 Å². The van der Waals surface area contributed by atoms with Crippen LogP contribution in [0.5, 0.6) is 0 Å². The first-order chi connectivity index (χ1) is 5.70. The molecule has 0 saturated carbocycles. The SMILES string of the molecule is C=NC(N)([NH+](N)[O-])C(N)(N)C(=O)I. The van der Waals surface area contributed by atoms with E-state index in [1.807, 2.05) is 0 Å². The first-order valence-corrected chi connectivity index (χ1v) is 4.12. The Bertz CT molecular complexity index is 231. The van der Waals surface area contributed by atoms with Crippen LogP contribution in [0.3, 0.4) is 0 Å². The minimum Gasteiger partial charge on any atom is -0.610 e. The summed E-state index contributed by atoms with van der Waals surface area (Å²) in [6.45, 7) is 3.01. The van der Waals surface area contributed by atoms with Crippen molar-refractivity contribution in [2.45, 2.75) is 11.4 Å². The fourth-order valence-corrected chi connectivity index (χ4v) is 0.974. The van der Waals surface area contributed by atoms with Crippen LogP contribution in [-0.2, 0) is 4.79 Å². The Morgan fingerprint density at radius 1 is 1.54 bits per heavy atom. The number of nitrogens with zero attached hydrogens (tertiary/aromatic N) is 1.